The molecule has 1 amide bonds. The van der Waals surface area contributed by atoms with Crippen LogP contribution in [0.15, 0.2) is 30.5 Å². The molecule has 3 aromatic rings. The normalized spacial score (nSPS) is 14.7. The van der Waals surface area contributed by atoms with Crippen molar-refractivity contribution in [1.29, 1.82) is 0 Å². The molecule has 1 saturated heterocycles. The van der Waals surface area contributed by atoms with Gasteiger partial charge in [0.05, 0.1) is 18.0 Å². The molecule has 0 radical (unpaired) electrons. The average Bonchev–Trinajstić information content (AvgIpc) is 2.96. The van der Waals surface area contributed by atoms with E-state index in [9.17, 15) is 4.79 Å². The van der Waals surface area contributed by atoms with E-state index in [1.54, 1.807) is 4.90 Å². The van der Waals surface area contributed by atoms with Crippen molar-refractivity contribution in [3.05, 3.63) is 58.5 Å². The van der Waals surface area contributed by atoms with Crippen LogP contribution in [0.5, 0.6) is 5.75 Å². The predicted molar refractivity (Wildman–Crippen MR) is 108 cm³/mol. The van der Waals surface area contributed by atoms with Gasteiger partial charge in [-0.15, -0.1) is 0 Å². The quantitative estimate of drug-likeness (QED) is 0.696. The second kappa shape index (κ2) is 7.28. The summed E-state index contributed by atoms with van der Waals surface area (Å²) >= 11 is 0. The van der Waals surface area contributed by atoms with Gasteiger partial charge in [0.15, 0.2) is 11.4 Å². The Morgan fingerprint density at radius 1 is 1.18 bits per heavy atom. The number of aryl methyl sites for hydroxylation is 4. The molecule has 0 atom stereocenters. The summed E-state index contributed by atoms with van der Waals surface area (Å²) in [5, 5.41) is 0. The van der Waals surface area contributed by atoms with Crippen molar-refractivity contribution in [2.45, 2.75) is 34.3 Å². The third-order valence-electron chi connectivity index (χ3n) is 5.46. The number of aromatic nitrogens is 2. The van der Waals surface area contributed by atoms with Crippen molar-refractivity contribution in [1.82, 2.24) is 9.38 Å². The van der Waals surface area contributed by atoms with Gasteiger partial charge < -0.3 is 14.4 Å². The van der Waals surface area contributed by atoms with E-state index in [-0.39, 0.29) is 12.5 Å². The van der Waals surface area contributed by atoms with Crippen molar-refractivity contribution >= 4 is 17.2 Å². The number of pyridine rings is 1. The van der Waals surface area contributed by atoms with Gasteiger partial charge >= 0.3 is 0 Å². The zero-order valence-corrected chi connectivity index (χ0v) is 16.8. The molecule has 0 saturated carbocycles. The molecule has 6 heteroatoms. The summed E-state index contributed by atoms with van der Waals surface area (Å²) in [5.41, 5.74) is 7.13. The summed E-state index contributed by atoms with van der Waals surface area (Å²) in [4.78, 5) is 18.8. The highest BCUT2D eigenvalue weighted by molar-refractivity contribution is 5.95. The molecule has 6 nitrogen and oxygen atoms in total. The minimum Gasteiger partial charge on any atom is -0.485 e. The van der Waals surface area contributed by atoms with Crippen molar-refractivity contribution in [3.8, 4) is 5.75 Å². The highest BCUT2D eigenvalue weighted by Gasteiger charge is 2.23. The van der Waals surface area contributed by atoms with E-state index in [2.05, 4.69) is 37.0 Å². The van der Waals surface area contributed by atoms with E-state index >= 15 is 0 Å². The number of benzene rings is 1. The Hall–Kier alpha value is -2.86. The molecule has 2 aromatic heterocycles. The number of hydrogen-bond acceptors (Lipinski definition) is 4. The second-order valence-electron chi connectivity index (χ2n) is 7.30. The van der Waals surface area contributed by atoms with Gasteiger partial charge in [0, 0.05) is 24.5 Å². The van der Waals surface area contributed by atoms with E-state index < -0.39 is 0 Å². The van der Waals surface area contributed by atoms with E-state index in [0.29, 0.717) is 25.5 Å². The maximum atomic E-state index is 12.3. The molecule has 3 heterocycles. The zero-order chi connectivity index (χ0) is 19.8. The molecular weight excluding hydrogens is 354 g/mol. The number of morpholine rings is 1. The third-order valence-corrected chi connectivity index (χ3v) is 5.46. The maximum absolute atomic E-state index is 12.3. The summed E-state index contributed by atoms with van der Waals surface area (Å²) in [6, 6.07) is 8.15. The van der Waals surface area contributed by atoms with Gasteiger partial charge in [-0.1, -0.05) is 18.2 Å². The molecule has 1 aliphatic rings. The molecule has 0 spiro atoms. The maximum Gasteiger partial charge on any atom is 0.253 e. The number of fused-ring (bicyclic) bond motifs is 1. The SMILES string of the molecule is Cc1cccc(C)c1COc1cc(N2CCOCC2=O)cn2c(C)c(C)nc12. The first-order valence-electron chi connectivity index (χ1n) is 9.51. The Morgan fingerprint density at radius 3 is 2.64 bits per heavy atom. The van der Waals surface area contributed by atoms with Gasteiger partial charge in [-0.3, -0.25) is 9.20 Å². The molecule has 1 aromatic carbocycles. The van der Waals surface area contributed by atoms with Gasteiger partial charge in [-0.2, -0.15) is 0 Å². The molecule has 0 unspecified atom stereocenters. The molecular formula is C22H25N3O3. The molecule has 0 N–H and O–H groups in total. The second-order valence-corrected chi connectivity index (χ2v) is 7.30. The number of nitrogens with zero attached hydrogens (tertiary/aromatic N) is 3. The number of imidazole rings is 1. The fraction of sp³-hybridized carbons (Fsp3) is 0.364. The van der Waals surface area contributed by atoms with Crippen LogP contribution in [-0.2, 0) is 16.1 Å². The van der Waals surface area contributed by atoms with E-state index in [1.807, 2.05) is 30.5 Å². The average molecular weight is 379 g/mol. The highest BCUT2D eigenvalue weighted by Crippen LogP contribution is 2.30. The number of anilines is 1. The van der Waals surface area contributed by atoms with E-state index in [1.165, 1.54) is 16.7 Å². The lowest BCUT2D eigenvalue weighted by molar-refractivity contribution is -0.125. The summed E-state index contributed by atoms with van der Waals surface area (Å²) in [6.07, 6.45) is 1.96. The van der Waals surface area contributed by atoms with Crippen LogP contribution in [0.25, 0.3) is 5.65 Å². The van der Waals surface area contributed by atoms with Crippen LogP contribution in [-0.4, -0.2) is 35.1 Å². The van der Waals surface area contributed by atoms with Crippen LogP contribution in [0.2, 0.25) is 0 Å². The Balaban J connectivity index is 1.75. The molecule has 1 aliphatic heterocycles. The van der Waals surface area contributed by atoms with Crippen molar-refractivity contribution in [3.63, 3.8) is 0 Å². The molecule has 4 rings (SSSR count). The van der Waals surface area contributed by atoms with Gasteiger partial charge in [0.25, 0.3) is 5.91 Å². The number of amides is 1. The number of carbonyl (C=O) groups excluding carboxylic acids is 1. The van der Waals surface area contributed by atoms with Gasteiger partial charge in [-0.05, 0) is 44.4 Å². The standard InChI is InChI=1S/C22H25N3O3/c1-14-6-5-7-15(2)19(14)12-28-20-10-18(24-8-9-27-13-21(24)26)11-25-17(4)16(3)23-22(20)25/h5-7,10-11H,8-9,12-13H2,1-4H3. The zero-order valence-electron chi connectivity index (χ0n) is 16.8. The van der Waals surface area contributed by atoms with Crippen molar-refractivity contribution in [2.75, 3.05) is 24.7 Å². The summed E-state index contributed by atoms with van der Waals surface area (Å²) in [5.74, 6) is 0.636. The number of hydrogen-bond donors (Lipinski definition) is 0. The number of carbonyl (C=O) groups is 1. The van der Waals surface area contributed by atoms with Gasteiger partial charge in [-0.25, -0.2) is 4.98 Å². The predicted octanol–water partition coefficient (Wildman–Crippen LogP) is 3.51. The Bertz CT molecular complexity index is 1030. The van der Waals surface area contributed by atoms with Crippen molar-refractivity contribution < 1.29 is 14.3 Å². The molecule has 146 valence electrons. The smallest absolute Gasteiger partial charge is 0.253 e. The third kappa shape index (κ3) is 3.24. The lowest BCUT2D eigenvalue weighted by Gasteiger charge is -2.27. The van der Waals surface area contributed by atoms with Crippen LogP contribution in [0.3, 0.4) is 0 Å². The van der Waals surface area contributed by atoms with Crippen LogP contribution in [0.4, 0.5) is 5.69 Å². The van der Waals surface area contributed by atoms with Crippen LogP contribution in [0.1, 0.15) is 28.1 Å². The summed E-state index contributed by atoms with van der Waals surface area (Å²) in [6.45, 7) is 9.82. The molecule has 28 heavy (non-hydrogen) atoms. The minimum atomic E-state index is -0.0409. The molecule has 1 fully saturated rings. The molecule has 0 bridgehead atoms. The van der Waals surface area contributed by atoms with Gasteiger partial charge in [0.1, 0.15) is 13.2 Å². The summed E-state index contributed by atoms with van der Waals surface area (Å²) in [7, 11) is 0. The Kier molecular flexibility index (Phi) is 4.81. The number of ether oxygens (including phenoxy) is 2. The van der Waals surface area contributed by atoms with Crippen LogP contribution >= 0.6 is 0 Å². The minimum absolute atomic E-state index is 0.0409. The van der Waals surface area contributed by atoms with Crippen LogP contribution < -0.4 is 9.64 Å². The lowest BCUT2D eigenvalue weighted by atomic mass is 10.0. The van der Waals surface area contributed by atoms with E-state index in [0.717, 1.165) is 22.7 Å². The molecule has 0 aliphatic carbocycles. The first-order valence-corrected chi connectivity index (χ1v) is 9.51. The first-order chi connectivity index (χ1) is 13.5. The highest BCUT2D eigenvalue weighted by atomic mass is 16.5. The Labute approximate surface area is 164 Å². The topological polar surface area (TPSA) is 56.1 Å². The lowest BCUT2D eigenvalue weighted by Crippen LogP contribution is -2.41. The van der Waals surface area contributed by atoms with Crippen LogP contribution in [0, 0.1) is 27.7 Å². The van der Waals surface area contributed by atoms with Gasteiger partial charge in [0.2, 0.25) is 0 Å². The fourth-order valence-corrected chi connectivity index (χ4v) is 3.60. The fourth-order valence-electron chi connectivity index (χ4n) is 3.60. The van der Waals surface area contributed by atoms with Crippen molar-refractivity contribution in [2.24, 2.45) is 0 Å². The Morgan fingerprint density at radius 2 is 1.93 bits per heavy atom. The van der Waals surface area contributed by atoms with E-state index in [4.69, 9.17) is 9.47 Å². The first kappa shape index (κ1) is 18.5. The number of rotatable bonds is 4. The summed E-state index contributed by atoms with van der Waals surface area (Å²) < 4.78 is 13.5. The monoisotopic (exact) mass is 379 g/mol. The largest absolute Gasteiger partial charge is 0.485 e.